The summed E-state index contributed by atoms with van der Waals surface area (Å²) in [5.41, 5.74) is -0.899. The second kappa shape index (κ2) is 2.41. The van der Waals surface area contributed by atoms with Gasteiger partial charge in [-0.05, 0) is 12.1 Å². The van der Waals surface area contributed by atoms with Crippen LogP contribution < -0.4 is 10.6 Å². The van der Waals surface area contributed by atoms with Gasteiger partial charge in [-0.1, -0.05) is 0 Å². The molecule has 62 valence electrons. The first-order valence-corrected chi connectivity index (χ1v) is 3.58. The number of carbonyl (C=O) groups is 1. The largest absolute Gasteiger partial charge is 0.464 e. The third-order valence-electron chi connectivity index (χ3n) is 1.79. The summed E-state index contributed by atoms with van der Waals surface area (Å²) in [6.45, 7) is 0. The van der Waals surface area contributed by atoms with Crippen molar-refractivity contribution in [2.75, 3.05) is 0 Å². The second-order valence-corrected chi connectivity index (χ2v) is 2.53. The molecule has 1 aromatic heterocycles. The van der Waals surface area contributed by atoms with Gasteiger partial charge in [0.25, 0.3) is 0 Å². The van der Waals surface area contributed by atoms with Crippen LogP contribution in [0, 0.1) is 0 Å². The monoisotopic (exact) mass is 164 g/mol. The van der Waals surface area contributed by atoms with E-state index >= 15 is 0 Å². The van der Waals surface area contributed by atoms with Crippen molar-refractivity contribution in [2.45, 2.75) is 5.66 Å². The summed E-state index contributed by atoms with van der Waals surface area (Å²) < 4.78 is 5.12. The van der Waals surface area contributed by atoms with Gasteiger partial charge in [0, 0.05) is 12.4 Å². The first-order chi connectivity index (χ1) is 5.87. The van der Waals surface area contributed by atoms with Crippen molar-refractivity contribution in [1.82, 2.24) is 10.6 Å². The van der Waals surface area contributed by atoms with Gasteiger partial charge in [0.1, 0.15) is 0 Å². The second-order valence-electron chi connectivity index (χ2n) is 2.53. The Labute approximate surface area is 69.3 Å². The van der Waals surface area contributed by atoms with Gasteiger partial charge in [-0.3, -0.25) is 4.79 Å². The topological polar surface area (TPSA) is 54.3 Å². The lowest BCUT2D eigenvalue weighted by atomic mass is 10.1. The summed E-state index contributed by atoms with van der Waals surface area (Å²) in [5, 5.41) is 5.74. The molecule has 4 heteroatoms. The zero-order valence-electron chi connectivity index (χ0n) is 6.28. The van der Waals surface area contributed by atoms with Crippen LogP contribution in [-0.4, -0.2) is 6.29 Å². The standard InChI is InChI=1S/C8H8N2O2/c11-6-8(9-3-4-10-8)7-2-1-5-12-7/h1-6,9-10H. The lowest BCUT2D eigenvalue weighted by Gasteiger charge is -2.20. The van der Waals surface area contributed by atoms with E-state index in [1.807, 2.05) is 0 Å². The zero-order valence-corrected chi connectivity index (χ0v) is 6.28. The van der Waals surface area contributed by atoms with Gasteiger partial charge in [-0.15, -0.1) is 0 Å². The fraction of sp³-hybridized carbons (Fsp3) is 0.125. The molecule has 0 spiro atoms. The van der Waals surface area contributed by atoms with Gasteiger partial charge in [-0.2, -0.15) is 0 Å². The van der Waals surface area contributed by atoms with E-state index in [0.717, 1.165) is 6.29 Å². The van der Waals surface area contributed by atoms with Gasteiger partial charge < -0.3 is 15.1 Å². The van der Waals surface area contributed by atoms with E-state index in [4.69, 9.17) is 4.42 Å². The molecule has 2 heterocycles. The number of hydrogen-bond donors (Lipinski definition) is 2. The minimum absolute atomic E-state index is 0.558. The van der Waals surface area contributed by atoms with Crippen molar-refractivity contribution in [3.8, 4) is 0 Å². The van der Waals surface area contributed by atoms with Gasteiger partial charge in [0.15, 0.2) is 12.0 Å². The van der Waals surface area contributed by atoms with Crippen molar-refractivity contribution in [3.63, 3.8) is 0 Å². The highest BCUT2D eigenvalue weighted by atomic mass is 16.3. The predicted octanol–water partition coefficient (Wildman–Crippen LogP) is 0.295. The number of nitrogens with one attached hydrogen (secondary N) is 2. The number of hydrogen-bond acceptors (Lipinski definition) is 4. The Balaban J connectivity index is 2.36. The molecule has 0 saturated heterocycles. The van der Waals surface area contributed by atoms with Crippen LogP contribution >= 0.6 is 0 Å². The van der Waals surface area contributed by atoms with E-state index in [1.165, 1.54) is 6.26 Å². The van der Waals surface area contributed by atoms with E-state index in [2.05, 4.69) is 10.6 Å². The van der Waals surface area contributed by atoms with Gasteiger partial charge in [0.2, 0.25) is 5.66 Å². The number of aldehydes is 1. The molecule has 0 aliphatic carbocycles. The smallest absolute Gasteiger partial charge is 0.224 e. The molecule has 0 unspecified atom stereocenters. The van der Waals surface area contributed by atoms with Crippen LogP contribution in [0.15, 0.2) is 35.2 Å². The van der Waals surface area contributed by atoms with Gasteiger partial charge in [-0.25, -0.2) is 0 Å². The third kappa shape index (κ3) is 0.812. The van der Waals surface area contributed by atoms with Crippen LogP contribution in [0.5, 0.6) is 0 Å². The van der Waals surface area contributed by atoms with Crippen LogP contribution in [0.25, 0.3) is 0 Å². The van der Waals surface area contributed by atoms with Gasteiger partial charge in [0.05, 0.1) is 6.26 Å². The number of furan rings is 1. The summed E-state index contributed by atoms with van der Waals surface area (Å²) >= 11 is 0. The maximum absolute atomic E-state index is 10.8. The summed E-state index contributed by atoms with van der Waals surface area (Å²) in [6, 6.07) is 3.48. The molecule has 1 aliphatic heterocycles. The van der Waals surface area contributed by atoms with Crippen molar-refractivity contribution in [2.24, 2.45) is 0 Å². The molecule has 1 aliphatic rings. The van der Waals surface area contributed by atoms with Crippen LogP contribution in [0.1, 0.15) is 5.76 Å². The Morgan fingerprint density at radius 2 is 2.17 bits per heavy atom. The highest BCUT2D eigenvalue weighted by molar-refractivity contribution is 5.67. The molecule has 0 atom stereocenters. The normalized spacial score (nSPS) is 18.3. The molecule has 2 N–H and O–H groups in total. The van der Waals surface area contributed by atoms with E-state index in [9.17, 15) is 4.79 Å². The fourth-order valence-corrected chi connectivity index (χ4v) is 1.16. The molecular weight excluding hydrogens is 156 g/mol. The van der Waals surface area contributed by atoms with Crippen LogP contribution in [0.4, 0.5) is 0 Å². The molecule has 0 amide bonds. The minimum atomic E-state index is -0.899. The molecule has 4 nitrogen and oxygen atoms in total. The Hall–Kier alpha value is -1.71. The van der Waals surface area contributed by atoms with Crippen molar-refractivity contribution in [3.05, 3.63) is 36.6 Å². The quantitative estimate of drug-likeness (QED) is 0.617. The minimum Gasteiger partial charge on any atom is -0.464 e. The molecule has 0 saturated carbocycles. The summed E-state index contributed by atoms with van der Waals surface area (Å²) in [6.07, 6.45) is 5.63. The predicted molar refractivity (Wildman–Crippen MR) is 41.9 cm³/mol. The molecule has 0 aromatic carbocycles. The number of carbonyl (C=O) groups excluding carboxylic acids is 1. The van der Waals surface area contributed by atoms with E-state index in [0.29, 0.717) is 5.76 Å². The Bertz CT molecular complexity index is 295. The highest BCUT2D eigenvalue weighted by Crippen LogP contribution is 2.18. The zero-order chi connectivity index (χ0) is 8.44. The molecule has 12 heavy (non-hydrogen) atoms. The lowest BCUT2D eigenvalue weighted by molar-refractivity contribution is -0.114. The Kier molecular flexibility index (Phi) is 1.40. The van der Waals surface area contributed by atoms with Gasteiger partial charge >= 0.3 is 0 Å². The summed E-state index contributed by atoms with van der Waals surface area (Å²) in [5.74, 6) is 0.558. The van der Waals surface area contributed by atoms with E-state index in [1.54, 1.807) is 24.5 Å². The first kappa shape index (κ1) is 6.97. The maximum atomic E-state index is 10.8. The van der Waals surface area contributed by atoms with Crippen molar-refractivity contribution < 1.29 is 9.21 Å². The van der Waals surface area contributed by atoms with Crippen LogP contribution in [-0.2, 0) is 10.5 Å². The molecule has 1 aromatic rings. The van der Waals surface area contributed by atoms with E-state index < -0.39 is 5.66 Å². The molecule has 2 rings (SSSR count). The van der Waals surface area contributed by atoms with E-state index in [-0.39, 0.29) is 0 Å². The van der Waals surface area contributed by atoms with Crippen LogP contribution in [0.2, 0.25) is 0 Å². The maximum Gasteiger partial charge on any atom is 0.224 e. The highest BCUT2D eigenvalue weighted by Gasteiger charge is 2.34. The SMILES string of the molecule is O=CC1(c2ccco2)NC=CN1. The number of rotatable bonds is 2. The van der Waals surface area contributed by atoms with Crippen LogP contribution in [0.3, 0.4) is 0 Å². The third-order valence-corrected chi connectivity index (χ3v) is 1.79. The Morgan fingerprint density at radius 3 is 2.67 bits per heavy atom. The average Bonchev–Trinajstić information content (AvgIpc) is 2.76. The fourth-order valence-electron chi connectivity index (χ4n) is 1.16. The first-order valence-electron chi connectivity index (χ1n) is 3.58. The average molecular weight is 164 g/mol. The Morgan fingerprint density at radius 1 is 1.42 bits per heavy atom. The van der Waals surface area contributed by atoms with Crippen molar-refractivity contribution >= 4 is 6.29 Å². The molecular formula is C8H8N2O2. The summed E-state index contributed by atoms with van der Waals surface area (Å²) in [4.78, 5) is 10.8. The van der Waals surface area contributed by atoms with Crippen molar-refractivity contribution in [1.29, 1.82) is 0 Å². The summed E-state index contributed by atoms with van der Waals surface area (Å²) in [7, 11) is 0. The molecule has 0 radical (unpaired) electrons. The molecule has 0 fully saturated rings. The molecule has 0 bridgehead atoms. The lowest BCUT2D eigenvalue weighted by Crippen LogP contribution is -2.46.